The van der Waals surface area contributed by atoms with E-state index in [4.69, 9.17) is 9.47 Å². The number of thiazole rings is 1. The molecule has 1 saturated heterocycles. The number of nitro groups is 1. The third-order valence-electron chi connectivity index (χ3n) is 4.32. The van der Waals surface area contributed by atoms with E-state index in [1.165, 1.54) is 35.6 Å². The number of non-ortho nitro benzene ring substituents is 1. The number of hydrogen-bond donors (Lipinski definition) is 0. The summed E-state index contributed by atoms with van der Waals surface area (Å²) in [4.78, 5) is 28.3. The van der Waals surface area contributed by atoms with E-state index in [0.717, 1.165) is 24.3 Å². The molecule has 2 aromatic rings. The van der Waals surface area contributed by atoms with Gasteiger partial charge in [-0.05, 0) is 30.4 Å². The summed E-state index contributed by atoms with van der Waals surface area (Å²) in [6, 6.07) is 5.31. The van der Waals surface area contributed by atoms with Crippen molar-refractivity contribution in [3.8, 4) is 5.75 Å². The Bertz CT molecular complexity index is 918. The van der Waals surface area contributed by atoms with Crippen LogP contribution in [0, 0.1) is 10.1 Å². The summed E-state index contributed by atoms with van der Waals surface area (Å²) in [7, 11) is 0. The third kappa shape index (κ3) is 5.05. The summed E-state index contributed by atoms with van der Waals surface area (Å²) in [6.45, 7) is 7.71. The second-order valence-corrected chi connectivity index (χ2v) is 8.66. The van der Waals surface area contributed by atoms with Crippen molar-refractivity contribution in [3.63, 3.8) is 0 Å². The van der Waals surface area contributed by atoms with Crippen molar-refractivity contribution in [2.45, 2.75) is 51.7 Å². The summed E-state index contributed by atoms with van der Waals surface area (Å²) < 4.78 is 12.9. The van der Waals surface area contributed by atoms with Crippen LogP contribution in [-0.2, 0) is 16.7 Å². The molecular weight excluding hydrogens is 382 g/mol. The molecule has 1 fully saturated rings. The van der Waals surface area contributed by atoms with E-state index in [1.807, 2.05) is 10.8 Å². The Morgan fingerprint density at radius 2 is 2.11 bits per heavy atom. The molecule has 1 aromatic carbocycles. The lowest BCUT2D eigenvalue weighted by atomic mass is 9.95. The van der Waals surface area contributed by atoms with Crippen LogP contribution in [0.25, 0.3) is 0 Å². The molecule has 1 aliphatic heterocycles. The average Bonchev–Trinajstić information content (AvgIpc) is 3.26. The quantitative estimate of drug-likeness (QED) is 0.565. The standard InChI is InChI=1S/C19H23N3O5S/c1-19(2,3)16-12-21(11-15-5-4-10-26-15)17(28-16)20-18(23)27-14-8-6-13(7-9-14)22(24)25/h6-9,12,15H,4-5,10-11H2,1-3H3/t15-/m1/s1. The van der Waals surface area contributed by atoms with Crippen molar-refractivity contribution in [2.75, 3.05) is 6.61 Å². The van der Waals surface area contributed by atoms with Gasteiger partial charge in [-0.15, -0.1) is 16.3 Å². The molecule has 1 atom stereocenters. The van der Waals surface area contributed by atoms with Crippen molar-refractivity contribution in [3.05, 3.63) is 50.3 Å². The average molecular weight is 405 g/mol. The van der Waals surface area contributed by atoms with Crippen LogP contribution in [0.4, 0.5) is 10.5 Å². The number of nitro benzene ring substituents is 1. The molecule has 1 amide bonds. The fourth-order valence-electron chi connectivity index (χ4n) is 2.79. The van der Waals surface area contributed by atoms with Crippen LogP contribution in [0.1, 0.15) is 38.5 Å². The van der Waals surface area contributed by atoms with Gasteiger partial charge in [0.15, 0.2) is 4.80 Å². The molecule has 0 N–H and O–H groups in total. The first kappa shape index (κ1) is 20.2. The minimum Gasteiger partial charge on any atom is -0.409 e. The van der Waals surface area contributed by atoms with Crippen LogP contribution >= 0.6 is 11.3 Å². The Balaban J connectivity index is 1.82. The number of nitrogens with zero attached hydrogens (tertiary/aromatic N) is 3. The second kappa shape index (κ2) is 8.24. The van der Waals surface area contributed by atoms with Gasteiger partial charge in [-0.25, -0.2) is 4.79 Å². The largest absolute Gasteiger partial charge is 0.441 e. The zero-order valence-corrected chi connectivity index (χ0v) is 16.9. The van der Waals surface area contributed by atoms with E-state index in [-0.39, 0.29) is 23.0 Å². The third-order valence-corrected chi connectivity index (χ3v) is 5.77. The fourth-order valence-corrected chi connectivity index (χ4v) is 3.84. The number of aromatic nitrogens is 1. The first-order chi connectivity index (χ1) is 13.2. The summed E-state index contributed by atoms with van der Waals surface area (Å²) >= 11 is 1.45. The van der Waals surface area contributed by atoms with Crippen LogP contribution < -0.4 is 9.54 Å². The van der Waals surface area contributed by atoms with E-state index in [0.29, 0.717) is 11.3 Å². The fraction of sp³-hybridized carbons (Fsp3) is 0.474. The highest BCUT2D eigenvalue weighted by atomic mass is 32.1. The van der Waals surface area contributed by atoms with Crippen LogP contribution in [0.2, 0.25) is 0 Å². The highest BCUT2D eigenvalue weighted by Gasteiger charge is 2.21. The Morgan fingerprint density at radius 3 is 2.68 bits per heavy atom. The Labute approximate surface area is 166 Å². The predicted octanol–water partition coefficient (Wildman–Crippen LogP) is 4.03. The summed E-state index contributed by atoms with van der Waals surface area (Å²) in [5.41, 5.74) is -0.141. The first-order valence-corrected chi connectivity index (χ1v) is 9.87. The maximum absolute atomic E-state index is 12.3. The minimum absolute atomic E-state index is 0.0702. The van der Waals surface area contributed by atoms with Crippen LogP contribution in [0.3, 0.4) is 0 Å². The molecule has 0 bridgehead atoms. The number of rotatable bonds is 4. The molecule has 0 saturated carbocycles. The van der Waals surface area contributed by atoms with Gasteiger partial charge in [-0.2, -0.15) is 0 Å². The molecule has 9 heteroatoms. The molecule has 3 rings (SSSR count). The zero-order valence-electron chi connectivity index (χ0n) is 16.1. The molecule has 0 spiro atoms. The number of amides is 1. The summed E-state index contributed by atoms with van der Waals surface area (Å²) in [6.07, 6.45) is 3.39. The number of benzene rings is 1. The lowest BCUT2D eigenvalue weighted by Gasteiger charge is -2.15. The minimum atomic E-state index is -0.766. The van der Waals surface area contributed by atoms with Crippen molar-refractivity contribution in [1.29, 1.82) is 0 Å². The lowest BCUT2D eigenvalue weighted by Crippen LogP contribution is -2.24. The molecule has 8 nitrogen and oxygen atoms in total. The predicted molar refractivity (Wildman–Crippen MR) is 105 cm³/mol. The van der Waals surface area contributed by atoms with Gasteiger partial charge in [-0.1, -0.05) is 20.8 Å². The van der Waals surface area contributed by atoms with E-state index in [1.54, 1.807) is 0 Å². The Hall–Kier alpha value is -2.52. The maximum atomic E-state index is 12.3. The van der Waals surface area contributed by atoms with Gasteiger partial charge in [-0.3, -0.25) is 10.1 Å². The lowest BCUT2D eigenvalue weighted by molar-refractivity contribution is -0.384. The van der Waals surface area contributed by atoms with Crippen molar-refractivity contribution >= 4 is 23.1 Å². The van der Waals surface area contributed by atoms with E-state index in [9.17, 15) is 14.9 Å². The van der Waals surface area contributed by atoms with Crippen molar-refractivity contribution in [1.82, 2.24) is 4.57 Å². The topological polar surface area (TPSA) is 96.0 Å². The van der Waals surface area contributed by atoms with Gasteiger partial charge < -0.3 is 14.0 Å². The van der Waals surface area contributed by atoms with Gasteiger partial charge in [0, 0.05) is 29.8 Å². The van der Waals surface area contributed by atoms with Crippen LogP contribution in [0.5, 0.6) is 5.75 Å². The molecule has 2 heterocycles. The molecule has 1 aliphatic rings. The van der Waals surface area contributed by atoms with E-state index in [2.05, 4.69) is 25.8 Å². The number of hydrogen-bond acceptors (Lipinski definition) is 6. The van der Waals surface area contributed by atoms with Gasteiger partial charge in [0.05, 0.1) is 17.6 Å². The summed E-state index contributed by atoms with van der Waals surface area (Å²) in [5.74, 6) is 0.206. The van der Waals surface area contributed by atoms with Gasteiger partial charge in [0.25, 0.3) is 5.69 Å². The van der Waals surface area contributed by atoms with Gasteiger partial charge in [0.2, 0.25) is 0 Å². The maximum Gasteiger partial charge on any atom is 0.441 e. The number of ether oxygens (including phenoxy) is 2. The number of carbonyl (C=O) groups is 1. The second-order valence-electron chi connectivity index (χ2n) is 7.65. The van der Waals surface area contributed by atoms with Crippen molar-refractivity contribution < 1.29 is 19.2 Å². The SMILES string of the molecule is CC(C)(C)c1cn(C[C@H]2CCCO2)c(=NC(=O)Oc2ccc([N+](=O)[O-])cc2)s1. The monoisotopic (exact) mass is 405 g/mol. The van der Waals surface area contributed by atoms with E-state index >= 15 is 0 Å². The smallest absolute Gasteiger partial charge is 0.409 e. The summed E-state index contributed by atoms with van der Waals surface area (Å²) in [5, 5.41) is 10.7. The normalized spacial score (nSPS) is 17.7. The van der Waals surface area contributed by atoms with Crippen molar-refractivity contribution in [2.24, 2.45) is 4.99 Å². The Kier molecular flexibility index (Phi) is 5.95. The molecule has 0 unspecified atom stereocenters. The first-order valence-electron chi connectivity index (χ1n) is 9.06. The van der Waals surface area contributed by atoms with Gasteiger partial charge >= 0.3 is 6.09 Å². The van der Waals surface area contributed by atoms with E-state index < -0.39 is 11.0 Å². The Morgan fingerprint density at radius 1 is 1.39 bits per heavy atom. The van der Waals surface area contributed by atoms with Gasteiger partial charge in [0.1, 0.15) is 5.75 Å². The highest BCUT2D eigenvalue weighted by molar-refractivity contribution is 7.09. The molecular formula is C19H23N3O5S. The number of carbonyl (C=O) groups excluding carboxylic acids is 1. The zero-order chi connectivity index (χ0) is 20.3. The van der Waals surface area contributed by atoms with Crippen LogP contribution in [-0.4, -0.2) is 28.3 Å². The molecule has 150 valence electrons. The molecule has 0 aliphatic carbocycles. The van der Waals surface area contributed by atoms with Crippen LogP contribution in [0.15, 0.2) is 35.5 Å². The molecule has 1 aromatic heterocycles. The molecule has 0 radical (unpaired) electrons. The molecule has 28 heavy (non-hydrogen) atoms. The highest BCUT2D eigenvalue weighted by Crippen LogP contribution is 2.25.